The van der Waals surface area contributed by atoms with Gasteiger partial charge in [-0.05, 0) is 47.7 Å². The van der Waals surface area contributed by atoms with E-state index in [1.807, 2.05) is 54.6 Å². The van der Waals surface area contributed by atoms with Crippen LogP contribution >= 0.6 is 35.3 Å². The van der Waals surface area contributed by atoms with Crippen molar-refractivity contribution in [1.82, 2.24) is 5.01 Å². The van der Waals surface area contributed by atoms with Gasteiger partial charge in [0.05, 0.1) is 12.2 Å². The molecule has 0 saturated carbocycles. The number of fused-ring (bicyclic) bond motifs is 1. The largest absolute Gasteiger partial charge is 0.493 e. The van der Waals surface area contributed by atoms with Crippen molar-refractivity contribution in [3.8, 4) is 5.75 Å². The van der Waals surface area contributed by atoms with Gasteiger partial charge < -0.3 is 9.15 Å². The highest BCUT2D eigenvalue weighted by atomic mass is 32.2. The maximum absolute atomic E-state index is 12.6. The van der Waals surface area contributed by atoms with Gasteiger partial charge in [-0.15, -0.1) is 5.10 Å². The summed E-state index contributed by atoms with van der Waals surface area (Å²) in [6.07, 6.45) is 1.55. The summed E-state index contributed by atoms with van der Waals surface area (Å²) in [5.74, 6) is 2.29. The summed E-state index contributed by atoms with van der Waals surface area (Å²) in [6.45, 7) is 0.519. The Labute approximate surface area is 215 Å². The number of hydrogen-bond donors (Lipinski definition) is 1. The van der Waals surface area contributed by atoms with Gasteiger partial charge in [-0.2, -0.15) is 10.0 Å². The van der Waals surface area contributed by atoms with E-state index in [2.05, 4.69) is 22.2 Å². The SMILES string of the molecule is N=C1/C(=C\c2ccc(SCc3ccccc3)o2)C(=O)N=C2SC(SCCOc3ccccc3)=NN12. The van der Waals surface area contributed by atoms with Gasteiger partial charge in [-0.3, -0.25) is 10.2 Å². The van der Waals surface area contributed by atoms with Gasteiger partial charge in [-0.1, -0.05) is 72.1 Å². The molecule has 2 aliphatic heterocycles. The van der Waals surface area contributed by atoms with Crippen LogP contribution in [0.4, 0.5) is 0 Å². The minimum Gasteiger partial charge on any atom is -0.493 e. The number of hydrogen-bond acceptors (Lipinski definition) is 8. The van der Waals surface area contributed by atoms with Crippen molar-refractivity contribution in [2.24, 2.45) is 10.1 Å². The van der Waals surface area contributed by atoms with Gasteiger partial charge in [-0.25, -0.2) is 0 Å². The Morgan fingerprint density at radius 1 is 1.03 bits per heavy atom. The first-order valence-electron chi connectivity index (χ1n) is 10.7. The second-order valence-electron chi connectivity index (χ2n) is 7.33. The molecule has 0 aliphatic carbocycles. The minimum absolute atomic E-state index is 0.0153. The van der Waals surface area contributed by atoms with Crippen molar-refractivity contribution in [2.45, 2.75) is 10.8 Å². The van der Waals surface area contributed by atoms with Crippen molar-refractivity contribution in [1.29, 1.82) is 5.41 Å². The molecule has 0 radical (unpaired) electrons. The van der Waals surface area contributed by atoms with E-state index in [9.17, 15) is 4.79 Å². The molecule has 1 N–H and O–H groups in total. The number of aliphatic imine (C=N–C) groups is 1. The molecular formula is C25H20N4O3S3. The van der Waals surface area contributed by atoms with Crippen molar-refractivity contribution in [3.05, 3.63) is 89.7 Å². The summed E-state index contributed by atoms with van der Waals surface area (Å²) in [6, 6.07) is 23.4. The van der Waals surface area contributed by atoms with Crippen LogP contribution in [0.25, 0.3) is 6.08 Å². The summed E-state index contributed by atoms with van der Waals surface area (Å²) in [7, 11) is 0. The molecule has 176 valence electrons. The summed E-state index contributed by atoms with van der Waals surface area (Å²) >= 11 is 4.36. The number of nitrogens with one attached hydrogen (secondary N) is 1. The monoisotopic (exact) mass is 520 g/mol. The predicted octanol–water partition coefficient (Wildman–Crippen LogP) is 5.96. The van der Waals surface area contributed by atoms with E-state index in [0.717, 1.165) is 21.0 Å². The Morgan fingerprint density at radius 3 is 2.60 bits per heavy atom. The third kappa shape index (κ3) is 5.90. The van der Waals surface area contributed by atoms with Crippen LogP contribution in [0.3, 0.4) is 0 Å². The van der Waals surface area contributed by atoms with Gasteiger partial charge >= 0.3 is 0 Å². The van der Waals surface area contributed by atoms with E-state index in [1.54, 1.807) is 23.9 Å². The third-order valence-corrected chi connectivity index (χ3v) is 7.86. The Hall–Kier alpha value is -3.21. The predicted molar refractivity (Wildman–Crippen MR) is 144 cm³/mol. The molecule has 0 fully saturated rings. The number of amidine groups is 2. The third-order valence-electron chi connectivity index (χ3n) is 4.87. The van der Waals surface area contributed by atoms with E-state index < -0.39 is 5.91 Å². The number of carbonyl (C=O) groups is 1. The quantitative estimate of drug-likeness (QED) is 0.223. The number of hydrazone groups is 1. The van der Waals surface area contributed by atoms with Crippen LogP contribution in [-0.4, -0.2) is 38.7 Å². The highest BCUT2D eigenvalue weighted by molar-refractivity contribution is 8.45. The molecule has 3 heterocycles. The molecule has 7 nitrogen and oxygen atoms in total. The first-order valence-corrected chi connectivity index (χ1v) is 13.5. The summed E-state index contributed by atoms with van der Waals surface area (Å²) < 4.78 is 12.3. The van der Waals surface area contributed by atoms with Crippen LogP contribution in [-0.2, 0) is 10.5 Å². The topological polar surface area (TPSA) is 91.2 Å². The van der Waals surface area contributed by atoms with Crippen molar-refractivity contribution < 1.29 is 13.9 Å². The number of ether oxygens (including phenoxy) is 1. The molecule has 2 aliphatic rings. The number of amides is 1. The van der Waals surface area contributed by atoms with Gasteiger partial charge in [0.2, 0.25) is 5.17 Å². The fraction of sp³-hybridized carbons (Fsp3) is 0.120. The molecule has 35 heavy (non-hydrogen) atoms. The normalized spacial score (nSPS) is 16.3. The maximum Gasteiger partial charge on any atom is 0.283 e. The molecule has 0 atom stereocenters. The smallest absolute Gasteiger partial charge is 0.283 e. The Morgan fingerprint density at radius 2 is 1.80 bits per heavy atom. The number of thioether (sulfide) groups is 3. The Balaban J connectivity index is 1.19. The standard InChI is InChI=1S/C25H20N4O3S3/c26-22-20(15-19-11-12-21(32-19)34-16-17-7-3-1-4-8-17)23(30)27-24-29(22)28-25(35-24)33-14-13-31-18-9-5-2-6-10-18/h1-12,15,26H,13-14,16H2/b20-15+,26-22?. The van der Waals surface area contributed by atoms with Crippen LogP contribution in [0.2, 0.25) is 0 Å². The number of nitrogens with zero attached hydrogens (tertiary/aromatic N) is 3. The lowest BCUT2D eigenvalue weighted by atomic mass is 10.1. The van der Waals surface area contributed by atoms with E-state index >= 15 is 0 Å². The van der Waals surface area contributed by atoms with Crippen molar-refractivity contribution in [3.63, 3.8) is 0 Å². The second kappa shape index (κ2) is 11.0. The number of furan rings is 1. The Bertz CT molecular complexity index is 1320. The van der Waals surface area contributed by atoms with Crippen LogP contribution in [0.5, 0.6) is 5.75 Å². The summed E-state index contributed by atoms with van der Waals surface area (Å²) in [5, 5.41) is 15.5. The van der Waals surface area contributed by atoms with Crippen molar-refractivity contribution in [2.75, 3.05) is 12.4 Å². The number of rotatable bonds is 8. The second-order valence-corrected chi connectivity index (χ2v) is 10.6. The fourth-order valence-electron chi connectivity index (χ4n) is 3.20. The highest BCUT2D eigenvalue weighted by Crippen LogP contribution is 2.33. The lowest BCUT2D eigenvalue weighted by molar-refractivity contribution is -0.114. The first-order chi connectivity index (χ1) is 17.2. The first kappa shape index (κ1) is 23.5. The van der Waals surface area contributed by atoms with Gasteiger partial charge in [0.25, 0.3) is 5.91 Å². The molecule has 0 spiro atoms. The zero-order valence-electron chi connectivity index (χ0n) is 18.4. The average Bonchev–Trinajstić information content (AvgIpc) is 3.51. The van der Waals surface area contributed by atoms with E-state index in [0.29, 0.717) is 23.3 Å². The number of carbonyl (C=O) groups excluding carboxylic acids is 1. The average molecular weight is 521 g/mol. The zero-order chi connectivity index (χ0) is 24.0. The molecule has 0 saturated heterocycles. The molecule has 0 bridgehead atoms. The molecule has 10 heteroatoms. The van der Waals surface area contributed by atoms with Crippen molar-refractivity contribution >= 4 is 62.6 Å². The fourth-order valence-corrected chi connectivity index (χ4v) is 5.84. The minimum atomic E-state index is -0.475. The van der Waals surface area contributed by atoms with Crippen LogP contribution in [0.15, 0.2) is 98.0 Å². The molecule has 3 aromatic rings. The summed E-state index contributed by atoms with van der Waals surface area (Å²) in [4.78, 5) is 16.8. The van der Waals surface area contributed by atoms with Crippen LogP contribution < -0.4 is 4.74 Å². The lowest BCUT2D eigenvalue weighted by Gasteiger charge is -2.19. The Kier molecular flexibility index (Phi) is 7.41. The highest BCUT2D eigenvalue weighted by Gasteiger charge is 2.36. The van der Waals surface area contributed by atoms with Gasteiger partial charge in [0, 0.05) is 11.5 Å². The molecule has 1 aromatic heterocycles. The molecular weight excluding hydrogens is 501 g/mol. The number of benzene rings is 2. The summed E-state index contributed by atoms with van der Waals surface area (Å²) in [5.41, 5.74) is 1.34. The van der Waals surface area contributed by atoms with Crippen LogP contribution in [0.1, 0.15) is 11.3 Å². The van der Waals surface area contributed by atoms with Gasteiger partial charge in [0.1, 0.15) is 11.5 Å². The van der Waals surface area contributed by atoms with E-state index in [-0.39, 0.29) is 11.4 Å². The molecule has 0 unspecified atom stereocenters. The maximum atomic E-state index is 12.6. The van der Waals surface area contributed by atoms with E-state index in [1.165, 1.54) is 34.1 Å². The molecule has 5 rings (SSSR count). The van der Waals surface area contributed by atoms with E-state index in [4.69, 9.17) is 14.6 Å². The molecule has 1 amide bonds. The van der Waals surface area contributed by atoms with Gasteiger partial charge in [0.15, 0.2) is 15.3 Å². The van der Waals surface area contributed by atoms with Crippen LogP contribution in [0, 0.1) is 5.41 Å². The zero-order valence-corrected chi connectivity index (χ0v) is 20.9. The number of para-hydroxylation sites is 1. The lowest BCUT2D eigenvalue weighted by Crippen LogP contribution is -2.35. The molecule has 2 aromatic carbocycles.